The predicted octanol–water partition coefficient (Wildman–Crippen LogP) is 0.834. The van der Waals surface area contributed by atoms with Crippen molar-refractivity contribution in [1.29, 1.82) is 0 Å². The first-order valence-electron chi connectivity index (χ1n) is 8.03. The van der Waals surface area contributed by atoms with Crippen molar-refractivity contribution < 1.29 is 14.1 Å². The molecule has 2 heterocycles. The van der Waals surface area contributed by atoms with Gasteiger partial charge in [-0.1, -0.05) is 5.16 Å². The highest BCUT2D eigenvalue weighted by atomic mass is 16.5. The summed E-state index contributed by atoms with van der Waals surface area (Å²) in [6.07, 6.45) is 3.64. The SMILES string of the molecule is CC(C)NC(=O)c1noc2c1CC(NC(=O)c1ccn(C)n1)CC2. The van der Waals surface area contributed by atoms with Gasteiger partial charge >= 0.3 is 0 Å². The van der Waals surface area contributed by atoms with E-state index in [0.717, 1.165) is 17.7 Å². The van der Waals surface area contributed by atoms with E-state index in [2.05, 4.69) is 20.9 Å². The monoisotopic (exact) mass is 331 g/mol. The van der Waals surface area contributed by atoms with Crippen molar-refractivity contribution in [2.75, 3.05) is 0 Å². The first kappa shape index (κ1) is 16.2. The summed E-state index contributed by atoms with van der Waals surface area (Å²) in [4.78, 5) is 24.4. The fourth-order valence-corrected chi connectivity index (χ4v) is 2.83. The van der Waals surface area contributed by atoms with Crippen LogP contribution in [0.5, 0.6) is 0 Å². The average Bonchev–Trinajstić information content (AvgIpc) is 3.12. The standard InChI is InChI=1S/C16H21N5O3/c1-9(2)17-16(23)14-11-8-10(4-5-13(11)24-20-14)18-15(22)12-6-7-21(3)19-12/h6-7,9-10H,4-5,8H2,1-3H3,(H,17,23)(H,18,22). The summed E-state index contributed by atoms with van der Waals surface area (Å²) >= 11 is 0. The molecule has 0 spiro atoms. The third-order valence-electron chi connectivity index (χ3n) is 3.96. The molecule has 0 radical (unpaired) electrons. The molecule has 8 nitrogen and oxygen atoms in total. The minimum absolute atomic E-state index is 0.0214. The smallest absolute Gasteiger partial charge is 0.273 e. The Bertz CT molecular complexity index is 762. The van der Waals surface area contributed by atoms with Gasteiger partial charge in [0.15, 0.2) is 5.69 Å². The van der Waals surface area contributed by atoms with E-state index in [1.165, 1.54) is 0 Å². The van der Waals surface area contributed by atoms with Crippen LogP contribution < -0.4 is 10.6 Å². The number of nitrogens with one attached hydrogen (secondary N) is 2. The summed E-state index contributed by atoms with van der Waals surface area (Å²) in [6, 6.07) is 1.62. The topological polar surface area (TPSA) is 102 Å². The molecule has 0 aliphatic heterocycles. The zero-order chi connectivity index (χ0) is 17.3. The van der Waals surface area contributed by atoms with E-state index in [0.29, 0.717) is 24.2 Å². The molecule has 1 atom stereocenters. The second-order valence-corrected chi connectivity index (χ2v) is 6.35. The number of nitrogens with zero attached hydrogens (tertiary/aromatic N) is 3. The lowest BCUT2D eigenvalue weighted by molar-refractivity contribution is 0.0924. The van der Waals surface area contributed by atoms with E-state index in [9.17, 15) is 9.59 Å². The van der Waals surface area contributed by atoms with E-state index >= 15 is 0 Å². The maximum absolute atomic E-state index is 12.2. The Morgan fingerprint density at radius 3 is 2.83 bits per heavy atom. The summed E-state index contributed by atoms with van der Waals surface area (Å²) < 4.78 is 6.88. The van der Waals surface area contributed by atoms with Gasteiger partial charge in [0.25, 0.3) is 11.8 Å². The molecule has 24 heavy (non-hydrogen) atoms. The van der Waals surface area contributed by atoms with Crippen LogP contribution in [-0.4, -0.2) is 38.8 Å². The van der Waals surface area contributed by atoms with Gasteiger partial charge in [-0.25, -0.2) is 0 Å². The number of rotatable bonds is 4. The fourth-order valence-electron chi connectivity index (χ4n) is 2.83. The number of aryl methyl sites for hydroxylation is 2. The molecule has 1 aliphatic carbocycles. The number of amides is 2. The van der Waals surface area contributed by atoms with Crippen LogP contribution in [0.2, 0.25) is 0 Å². The van der Waals surface area contributed by atoms with Gasteiger partial charge in [0.05, 0.1) is 0 Å². The molecule has 0 saturated carbocycles. The third-order valence-corrected chi connectivity index (χ3v) is 3.96. The van der Waals surface area contributed by atoms with Gasteiger partial charge in [-0.15, -0.1) is 0 Å². The second-order valence-electron chi connectivity index (χ2n) is 6.35. The van der Waals surface area contributed by atoms with Crippen molar-refractivity contribution >= 4 is 11.8 Å². The molecule has 2 N–H and O–H groups in total. The van der Waals surface area contributed by atoms with E-state index < -0.39 is 0 Å². The summed E-state index contributed by atoms with van der Waals surface area (Å²) in [6.45, 7) is 3.78. The Balaban J connectivity index is 1.70. The Morgan fingerprint density at radius 2 is 2.17 bits per heavy atom. The molecule has 2 aromatic heterocycles. The van der Waals surface area contributed by atoms with Crippen molar-refractivity contribution in [2.45, 2.75) is 45.2 Å². The van der Waals surface area contributed by atoms with Crippen molar-refractivity contribution in [3.8, 4) is 0 Å². The minimum atomic E-state index is -0.244. The van der Waals surface area contributed by atoms with E-state index in [1.807, 2.05) is 13.8 Å². The minimum Gasteiger partial charge on any atom is -0.360 e. The van der Waals surface area contributed by atoms with Crippen molar-refractivity contribution in [2.24, 2.45) is 7.05 Å². The number of fused-ring (bicyclic) bond motifs is 1. The zero-order valence-corrected chi connectivity index (χ0v) is 14.0. The van der Waals surface area contributed by atoms with E-state index in [-0.39, 0.29) is 23.9 Å². The van der Waals surface area contributed by atoms with Crippen LogP contribution in [0.4, 0.5) is 0 Å². The van der Waals surface area contributed by atoms with Gasteiger partial charge in [0, 0.05) is 37.3 Å². The quantitative estimate of drug-likeness (QED) is 0.864. The Morgan fingerprint density at radius 1 is 1.38 bits per heavy atom. The van der Waals surface area contributed by atoms with Crippen molar-refractivity contribution in [1.82, 2.24) is 25.6 Å². The first-order chi connectivity index (χ1) is 11.4. The Labute approximate surface area is 139 Å². The van der Waals surface area contributed by atoms with E-state index in [1.54, 1.807) is 24.0 Å². The van der Waals surface area contributed by atoms with E-state index in [4.69, 9.17) is 4.52 Å². The van der Waals surface area contributed by atoms with Gasteiger partial charge in [0.1, 0.15) is 11.5 Å². The van der Waals surface area contributed by atoms with Crippen LogP contribution >= 0.6 is 0 Å². The van der Waals surface area contributed by atoms with Crippen LogP contribution in [0.25, 0.3) is 0 Å². The molecule has 0 aromatic carbocycles. The lowest BCUT2D eigenvalue weighted by Gasteiger charge is -2.22. The van der Waals surface area contributed by atoms with Gasteiger partial charge in [-0.3, -0.25) is 14.3 Å². The Kier molecular flexibility index (Phi) is 4.37. The summed E-state index contributed by atoms with van der Waals surface area (Å²) in [5.41, 5.74) is 1.48. The van der Waals surface area contributed by atoms with Crippen LogP contribution in [0.15, 0.2) is 16.8 Å². The summed E-state index contributed by atoms with van der Waals surface area (Å²) in [7, 11) is 1.76. The number of carbonyl (C=O) groups excluding carboxylic acids is 2. The fraction of sp³-hybridized carbons (Fsp3) is 0.500. The highest BCUT2D eigenvalue weighted by Gasteiger charge is 2.30. The predicted molar refractivity (Wildman–Crippen MR) is 85.6 cm³/mol. The normalized spacial score (nSPS) is 16.8. The van der Waals surface area contributed by atoms with Crippen LogP contribution in [-0.2, 0) is 19.9 Å². The average molecular weight is 331 g/mol. The first-order valence-corrected chi connectivity index (χ1v) is 8.03. The van der Waals surface area contributed by atoms with Gasteiger partial charge in [-0.05, 0) is 32.8 Å². The van der Waals surface area contributed by atoms with Crippen LogP contribution in [0.1, 0.15) is 52.6 Å². The van der Waals surface area contributed by atoms with Crippen LogP contribution in [0, 0.1) is 0 Å². The molecule has 2 aromatic rings. The largest absolute Gasteiger partial charge is 0.360 e. The van der Waals surface area contributed by atoms with Gasteiger partial charge < -0.3 is 15.2 Å². The molecular weight excluding hydrogens is 310 g/mol. The van der Waals surface area contributed by atoms with Crippen molar-refractivity contribution in [3.05, 3.63) is 35.0 Å². The maximum Gasteiger partial charge on any atom is 0.273 e. The second kappa shape index (κ2) is 6.46. The molecular formula is C16H21N5O3. The lowest BCUT2D eigenvalue weighted by Crippen LogP contribution is -2.39. The third kappa shape index (κ3) is 3.32. The summed E-state index contributed by atoms with van der Waals surface area (Å²) in [5, 5.41) is 13.8. The van der Waals surface area contributed by atoms with Crippen LogP contribution in [0.3, 0.4) is 0 Å². The molecule has 0 bridgehead atoms. The molecule has 2 amide bonds. The number of carbonyl (C=O) groups is 2. The maximum atomic E-state index is 12.2. The highest BCUT2D eigenvalue weighted by Crippen LogP contribution is 2.25. The Hall–Kier alpha value is -2.64. The molecule has 0 saturated heterocycles. The molecule has 128 valence electrons. The molecule has 0 fully saturated rings. The van der Waals surface area contributed by atoms with Crippen molar-refractivity contribution in [3.63, 3.8) is 0 Å². The van der Waals surface area contributed by atoms with Gasteiger partial charge in [-0.2, -0.15) is 5.10 Å². The molecule has 3 rings (SSSR count). The number of hydrogen-bond acceptors (Lipinski definition) is 5. The highest BCUT2D eigenvalue weighted by molar-refractivity contribution is 5.94. The molecule has 8 heteroatoms. The summed E-state index contributed by atoms with van der Waals surface area (Å²) in [5.74, 6) is 0.271. The molecule has 1 unspecified atom stereocenters. The number of aromatic nitrogens is 3. The zero-order valence-electron chi connectivity index (χ0n) is 14.0. The van der Waals surface area contributed by atoms with Gasteiger partial charge in [0.2, 0.25) is 0 Å². The number of hydrogen-bond donors (Lipinski definition) is 2. The molecule has 1 aliphatic rings. The lowest BCUT2D eigenvalue weighted by atomic mass is 9.91.